The number of hydrogen-bond donors (Lipinski definition) is 0. The van der Waals surface area contributed by atoms with Gasteiger partial charge < -0.3 is 9.13 Å². The second-order valence-electron chi connectivity index (χ2n) is 19.3. The smallest absolute Gasteiger partial charge is 0.309 e. The van der Waals surface area contributed by atoms with Gasteiger partial charge in [0.25, 0.3) is 0 Å². The fourth-order valence-electron chi connectivity index (χ4n) is 10.7. The number of aromatic nitrogens is 8. The van der Waals surface area contributed by atoms with Gasteiger partial charge in [-0.25, -0.2) is 38.7 Å². The van der Waals surface area contributed by atoms with E-state index in [1.165, 1.54) is 6.07 Å². The molecule has 0 saturated heterocycles. The Labute approximate surface area is 453 Å². The summed E-state index contributed by atoms with van der Waals surface area (Å²) < 4.78 is 83.6. The summed E-state index contributed by atoms with van der Waals surface area (Å²) in [6, 6.07) is 69.3. The lowest BCUT2D eigenvalue weighted by Crippen LogP contribution is -2.13. The van der Waals surface area contributed by atoms with Crippen LogP contribution in [0.1, 0.15) is 5.56 Å². The molecule has 0 aliphatic carbocycles. The van der Waals surface area contributed by atoms with E-state index in [4.69, 9.17) is 29.9 Å². The van der Waals surface area contributed by atoms with Gasteiger partial charge in [-0.1, -0.05) is 158 Å². The minimum Gasteiger partial charge on any atom is -0.309 e. The summed E-state index contributed by atoms with van der Waals surface area (Å²) in [6.45, 7) is 0. The first-order valence-corrected chi connectivity index (χ1v) is 25.6. The van der Waals surface area contributed by atoms with Crippen LogP contribution >= 0.6 is 0 Å². The Balaban J connectivity index is 0.988. The van der Waals surface area contributed by atoms with Crippen LogP contribution < -0.4 is 0 Å². The summed E-state index contributed by atoms with van der Waals surface area (Å²) in [7, 11) is 0. The largest absolute Gasteiger partial charge is 0.418 e. The number of benzene rings is 10. The predicted octanol–water partition coefficient (Wildman–Crippen LogP) is 17.2. The van der Waals surface area contributed by atoms with Crippen LogP contribution in [0, 0.1) is 11.6 Å². The Morgan fingerprint density at radius 2 is 0.613 bits per heavy atom. The van der Waals surface area contributed by atoms with Gasteiger partial charge in [0.2, 0.25) is 0 Å². The third-order valence-electron chi connectivity index (χ3n) is 14.3. The van der Waals surface area contributed by atoms with Crippen LogP contribution in [0.15, 0.2) is 237 Å². The highest BCUT2D eigenvalue weighted by molar-refractivity contribution is 6.12. The molecule has 0 amide bonds. The molecule has 8 nitrogen and oxygen atoms in total. The lowest BCUT2D eigenvalue weighted by atomic mass is 9.98. The van der Waals surface area contributed by atoms with E-state index in [0.29, 0.717) is 89.7 Å². The van der Waals surface area contributed by atoms with Crippen molar-refractivity contribution in [2.75, 3.05) is 0 Å². The number of alkyl halides is 3. The van der Waals surface area contributed by atoms with Gasteiger partial charge in [0.15, 0.2) is 34.9 Å². The molecule has 10 aromatic carbocycles. The zero-order valence-electron chi connectivity index (χ0n) is 42.0. The van der Waals surface area contributed by atoms with Crippen molar-refractivity contribution >= 4 is 43.6 Å². The van der Waals surface area contributed by atoms with Crippen molar-refractivity contribution in [2.24, 2.45) is 0 Å². The number of halogens is 5. The molecular weight excluding hydrogens is 1010 g/mol. The summed E-state index contributed by atoms with van der Waals surface area (Å²) in [5.74, 6) is 0.799. The number of hydrogen-bond acceptors (Lipinski definition) is 6. The number of nitrogens with zero attached hydrogens (tertiary/aromatic N) is 8. The first kappa shape index (κ1) is 47.9. The highest BCUT2D eigenvalue weighted by Gasteiger charge is 2.37. The minimum absolute atomic E-state index is 0.0309. The normalized spacial score (nSPS) is 11.8. The van der Waals surface area contributed by atoms with E-state index in [-0.39, 0.29) is 22.5 Å². The number of rotatable bonds is 9. The van der Waals surface area contributed by atoms with Crippen molar-refractivity contribution in [1.82, 2.24) is 39.0 Å². The first-order chi connectivity index (χ1) is 39.1. The zero-order chi connectivity index (χ0) is 54.1. The molecule has 0 aliphatic rings. The Morgan fingerprint density at radius 1 is 0.275 bits per heavy atom. The van der Waals surface area contributed by atoms with Crippen molar-refractivity contribution in [1.29, 1.82) is 0 Å². The van der Waals surface area contributed by atoms with Crippen molar-refractivity contribution < 1.29 is 22.0 Å². The van der Waals surface area contributed by atoms with Gasteiger partial charge in [0.05, 0.1) is 39.0 Å². The van der Waals surface area contributed by atoms with Crippen LogP contribution in [-0.4, -0.2) is 39.0 Å². The molecule has 382 valence electrons. The second-order valence-corrected chi connectivity index (χ2v) is 19.3. The maximum absolute atomic E-state index is 16.4. The highest BCUT2D eigenvalue weighted by Crippen LogP contribution is 2.46. The fourth-order valence-corrected chi connectivity index (χ4v) is 10.7. The maximum atomic E-state index is 16.4. The van der Waals surface area contributed by atoms with Crippen molar-refractivity contribution in [2.45, 2.75) is 6.18 Å². The van der Waals surface area contributed by atoms with E-state index in [9.17, 15) is 0 Å². The molecule has 0 aliphatic heterocycles. The Morgan fingerprint density at radius 3 is 1.00 bits per heavy atom. The van der Waals surface area contributed by atoms with E-state index >= 15 is 22.0 Å². The maximum Gasteiger partial charge on any atom is 0.418 e. The molecule has 0 fully saturated rings. The molecule has 0 N–H and O–H groups in total. The third kappa shape index (κ3) is 8.48. The second kappa shape index (κ2) is 19.2. The van der Waals surface area contributed by atoms with Crippen molar-refractivity contribution in [3.63, 3.8) is 0 Å². The fraction of sp³-hybridized carbons (Fsp3) is 0.0149. The minimum atomic E-state index is -4.95. The van der Waals surface area contributed by atoms with Crippen LogP contribution in [0.4, 0.5) is 22.0 Å². The van der Waals surface area contributed by atoms with E-state index in [1.54, 1.807) is 39.5 Å². The van der Waals surface area contributed by atoms with Crippen LogP contribution in [0.25, 0.3) is 134 Å². The average Bonchev–Trinajstić information content (AvgIpc) is 4.12. The first-order valence-electron chi connectivity index (χ1n) is 25.6. The molecule has 0 unspecified atom stereocenters. The Hall–Kier alpha value is -10.5. The van der Waals surface area contributed by atoms with Crippen LogP contribution in [-0.2, 0) is 6.18 Å². The SMILES string of the molecule is Fc1cc(F)cc(-c2cc(-n3c4ccccc4c4cc(-c5nc(-c6ccccc6)nc(-c6ccccc6)n5)ccc43)c(C(F)(F)F)cc2-n2c3ccccc3c3cc(-c4nc(-c5ccccc5)nc(-c5ccccc5)n4)ccc32)c1. The molecule has 80 heavy (non-hydrogen) atoms. The molecule has 0 radical (unpaired) electrons. The van der Waals surface area contributed by atoms with Gasteiger partial charge in [-0.2, -0.15) is 13.2 Å². The van der Waals surface area contributed by atoms with Gasteiger partial charge in [-0.15, -0.1) is 0 Å². The Kier molecular flexibility index (Phi) is 11.5. The quantitative estimate of drug-likeness (QED) is 0.134. The summed E-state index contributed by atoms with van der Waals surface area (Å²) in [4.78, 5) is 29.5. The summed E-state index contributed by atoms with van der Waals surface area (Å²) >= 11 is 0. The van der Waals surface area contributed by atoms with Gasteiger partial charge in [0, 0.05) is 66.6 Å². The number of para-hydroxylation sites is 2. The third-order valence-corrected chi connectivity index (χ3v) is 14.3. The van der Waals surface area contributed by atoms with E-state index in [1.807, 2.05) is 176 Å². The molecule has 0 spiro atoms. The predicted molar refractivity (Wildman–Crippen MR) is 305 cm³/mol. The van der Waals surface area contributed by atoms with Gasteiger partial charge in [0.1, 0.15) is 11.6 Å². The van der Waals surface area contributed by atoms with E-state index < -0.39 is 23.4 Å². The molecule has 0 saturated carbocycles. The lowest BCUT2D eigenvalue weighted by molar-refractivity contribution is -0.137. The van der Waals surface area contributed by atoms with Gasteiger partial charge in [-0.05, 0) is 78.4 Å². The van der Waals surface area contributed by atoms with Crippen LogP contribution in [0.3, 0.4) is 0 Å². The van der Waals surface area contributed by atoms with E-state index in [0.717, 1.165) is 46.5 Å². The monoisotopic (exact) mass is 1050 g/mol. The average molecular weight is 1050 g/mol. The highest BCUT2D eigenvalue weighted by atomic mass is 19.4. The zero-order valence-corrected chi connectivity index (χ0v) is 42.0. The number of fused-ring (bicyclic) bond motifs is 6. The molecule has 13 heteroatoms. The van der Waals surface area contributed by atoms with Crippen LogP contribution in [0.5, 0.6) is 0 Å². The summed E-state index contributed by atoms with van der Waals surface area (Å²) in [5.41, 5.74) is 5.37. The molecule has 0 bridgehead atoms. The van der Waals surface area contributed by atoms with Crippen molar-refractivity contribution in [3.8, 4) is 90.8 Å². The van der Waals surface area contributed by atoms with Crippen molar-refractivity contribution in [3.05, 3.63) is 254 Å². The molecule has 4 aromatic heterocycles. The molecule has 4 heterocycles. The van der Waals surface area contributed by atoms with Crippen LogP contribution in [0.2, 0.25) is 0 Å². The van der Waals surface area contributed by atoms with Gasteiger partial charge >= 0.3 is 6.18 Å². The lowest BCUT2D eigenvalue weighted by Gasteiger charge is -2.22. The van der Waals surface area contributed by atoms with Gasteiger partial charge in [-0.3, -0.25) is 0 Å². The standard InChI is InChI=1S/C67H39F5N8/c68-47-33-46(34-48(69)37-47)51-38-60(80-56-28-16-14-26-50(56)53-36-45(30-32-58(53)80)66-77-63(42-21-9-3-10-22-42)74-64(78-66)43-23-11-4-12-24-43)54(67(70,71)72)39-59(51)79-55-27-15-13-25-49(55)52-35-44(29-31-57(52)79)65-75-61(40-17-5-1-6-18-40)73-62(76-65)41-19-7-2-8-20-41/h1-39H. The topological polar surface area (TPSA) is 87.2 Å². The summed E-state index contributed by atoms with van der Waals surface area (Å²) in [6.07, 6.45) is -4.95. The molecule has 0 atom stereocenters. The Bertz CT molecular complexity index is 4580. The molecule has 14 aromatic rings. The molecular formula is C67H39F5N8. The summed E-state index contributed by atoms with van der Waals surface area (Å²) in [5, 5.41) is 2.67. The molecule has 14 rings (SSSR count). The van der Waals surface area contributed by atoms with E-state index in [2.05, 4.69) is 0 Å².